The molecule has 224 valence electrons. The average molecular weight is 617 g/mol. The number of furan rings is 1. The van der Waals surface area contributed by atoms with E-state index in [1.807, 2.05) is 97.1 Å². The number of fused-ring (bicyclic) bond motifs is 9. The highest BCUT2D eigenvalue weighted by atomic mass is 16.4. The highest BCUT2D eigenvalue weighted by Crippen LogP contribution is 2.40. The van der Waals surface area contributed by atoms with Crippen LogP contribution in [-0.4, -0.2) is 19.9 Å². The van der Waals surface area contributed by atoms with Crippen LogP contribution in [0.15, 0.2) is 154 Å². The Kier molecular flexibility index (Phi) is 5.77. The van der Waals surface area contributed by atoms with Crippen LogP contribution in [0, 0.1) is 0 Å². The van der Waals surface area contributed by atoms with Crippen molar-refractivity contribution in [2.45, 2.75) is 0 Å². The van der Waals surface area contributed by atoms with Gasteiger partial charge in [-0.25, -0.2) is 19.9 Å². The van der Waals surface area contributed by atoms with E-state index in [4.69, 9.17) is 28.8 Å². The van der Waals surface area contributed by atoms with Gasteiger partial charge in [-0.15, -0.1) is 0 Å². The molecule has 0 fully saturated rings. The molecule has 0 N–H and O–H groups in total. The van der Waals surface area contributed by atoms with E-state index in [1.54, 1.807) is 0 Å². The van der Waals surface area contributed by atoms with Crippen molar-refractivity contribution in [2.75, 3.05) is 0 Å². The fraction of sp³-hybridized carbons (Fsp3) is 0. The van der Waals surface area contributed by atoms with Crippen molar-refractivity contribution in [1.29, 1.82) is 0 Å². The summed E-state index contributed by atoms with van der Waals surface area (Å²) >= 11 is 0. The first-order chi connectivity index (χ1) is 23.8. The van der Waals surface area contributed by atoms with Crippen LogP contribution in [-0.2, 0) is 0 Å². The van der Waals surface area contributed by atoms with E-state index in [0.29, 0.717) is 28.9 Å². The molecule has 6 nitrogen and oxygen atoms in total. The number of hydrogen-bond acceptors (Lipinski definition) is 6. The predicted molar refractivity (Wildman–Crippen MR) is 191 cm³/mol. The van der Waals surface area contributed by atoms with Gasteiger partial charge in [0, 0.05) is 33.0 Å². The topological polar surface area (TPSA) is 77.8 Å². The van der Waals surface area contributed by atoms with E-state index in [-0.39, 0.29) is 0 Å². The number of aromatic nitrogens is 4. The molecular formula is C42H24N4O2. The van der Waals surface area contributed by atoms with Crippen LogP contribution in [0.25, 0.3) is 100 Å². The number of nitrogens with zero attached hydrogens (tertiary/aromatic N) is 4. The number of rotatable bonds is 4. The van der Waals surface area contributed by atoms with Crippen molar-refractivity contribution in [3.8, 4) is 45.6 Å². The number of hydrogen-bond donors (Lipinski definition) is 0. The maximum atomic E-state index is 6.51. The summed E-state index contributed by atoms with van der Waals surface area (Å²) in [7, 11) is 0. The maximum Gasteiger partial charge on any atom is 0.227 e. The molecule has 3 aromatic heterocycles. The third kappa shape index (κ3) is 4.20. The van der Waals surface area contributed by atoms with Crippen molar-refractivity contribution >= 4 is 54.6 Å². The van der Waals surface area contributed by atoms with E-state index in [1.165, 1.54) is 10.8 Å². The lowest BCUT2D eigenvalue weighted by Crippen LogP contribution is -2.00. The molecule has 0 aliphatic heterocycles. The van der Waals surface area contributed by atoms with E-state index < -0.39 is 0 Å². The molecule has 0 radical (unpaired) electrons. The van der Waals surface area contributed by atoms with Gasteiger partial charge in [0.15, 0.2) is 23.1 Å². The van der Waals surface area contributed by atoms with Crippen LogP contribution in [0.5, 0.6) is 0 Å². The van der Waals surface area contributed by atoms with E-state index >= 15 is 0 Å². The lowest BCUT2D eigenvalue weighted by atomic mass is 10.00. The van der Waals surface area contributed by atoms with Gasteiger partial charge >= 0.3 is 0 Å². The molecule has 3 heterocycles. The Morgan fingerprint density at radius 2 is 0.979 bits per heavy atom. The third-order valence-electron chi connectivity index (χ3n) is 8.95. The van der Waals surface area contributed by atoms with Gasteiger partial charge in [0.1, 0.15) is 16.7 Å². The molecule has 0 amide bonds. The summed E-state index contributed by atoms with van der Waals surface area (Å²) in [5, 5.41) is 6.61. The Hall–Kier alpha value is -6.66. The van der Waals surface area contributed by atoms with Crippen LogP contribution in [0.3, 0.4) is 0 Å². The minimum Gasteiger partial charge on any atom is -0.455 e. The zero-order valence-electron chi connectivity index (χ0n) is 25.5. The van der Waals surface area contributed by atoms with Crippen molar-refractivity contribution in [1.82, 2.24) is 19.9 Å². The minimum absolute atomic E-state index is 0.515. The Balaban J connectivity index is 1.11. The summed E-state index contributed by atoms with van der Waals surface area (Å²) < 4.78 is 12.9. The second kappa shape index (κ2) is 10.4. The lowest BCUT2D eigenvalue weighted by molar-refractivity contribution is 0.619. The van der Waals surface area contributed by atoms with Crippen LogP contribution < -0.4 is 0 Å². The van der Waals surface area contributed by atoms with Crippen molar-refractivity contribution in [3.05, 3.63) is 146 Å². The molecule has 0 bridgehead atoms. The Morgan fingerprint density at radius 1 is 0.375 bits per heavy atom. The molecule has 10 rings (SSSR count). The highest BCUT2D eigenvalue weighted by molar-refractivity contribution is 6.24. The minimum atomic E-state index is 0.515. The first-order valence-corrected chi connectivity index (χ1v) is 15.8. The lowest BCUT2D eigenvalue weighted by Gasteiger charge is -2.08. The average Bonchev–Trinajstić information content (AvgIpc) is 3.77. The largest absolute Gasteiger partial charge is 0.455 e. The van der Waals surface area contributed by atoms with Gasteiger partial charge in [0.05, 0.1) is 5.39 Å². The first-order valence-electron chi connectivity index (χ1n) is 15.8. The maximum absolute atomic E-state index is 6.51. The SMILES string of the molecule is c1ccc(-c2nc(-c3ccccc3)nc(-c3cccc(-c4nc5c(ccc6oc7c8ccc9ccccc9c8ccc7c65)o4)c3)n2)cc1. The molecule has 0 aliphatic rings. The molecule has 10 aromatic rings. The first kappa shape index (κ1) is 26.5. The molecule has 0 spiro atoms. The summed E-state index contributed by atoms with van der Waals surface area (Å²) in [6.07, 6.45) is 0. The molecular weight excluding hydrogens is 592 g/mol. The predicted octanol–water partition coefficient (Wildman–Crippen LogP) is 10.9. The monoisotopic (exact) mass is 616 g/mol. The summed E-state index contributed by atoms with van der Waals surface area (Å²) in [6.45, 7) is 0. The summed E-state index contributed by atoms with van der Waals surface area (Å²) in [5.74, 6) is 2.31. The van der Waals surface area contributed by atoms with Gasteiger partial charge in [-0.05, 0) is 52.6 Å². The molecule has 0 aliphatic carbocycles. The van der Waals surface area contributed by atoms with Crippen molar-refractivity contribution in [2.24, 2.45) is 0 Å². The van der Waals surface area contributed by atoms with E-state index in [0.717, 1.165) is 60.5 Å². The molecule has 0 saturated heterocycles. The Bertz CT molecular complexity index is 2780. The fourth-order valence-electron chi connectivity index (χ4n) is 6.65. The van der Waals surface area contributed by atoms with Gasteiger partial charge in [0.2, 0.25) is 5.89 Å². The van der Waals surface area contributed by atoms with Gasteiger partial charge in [-0.3, -0.25) is 0 Å². The van der Waals surface area contributed by atoms with Crippen molar-refractivity contribution in [3.63, 3.8) is 0 Å². The molecule has 7 aromatic carbocycles. The van der Waals surface area contributed by atoms with Crippen LogP contribution >= 0.6 is 0 Å². The zero-order chi connectivity index (χ0) is 31.6. The number of benzene rings is 7. The summed E-state index contributed by atoms with van der Waals surface area (Å²) in [4.78, 5) is 19.7. The van der Waals surface area contributed by atoms with Crippen molar-refractivity contribution < 1.29 is 8.83 Å². The number of oxazole rings is 1. The molecule has 0 saturated carbocycles. The summed E-state index contributed by atoms with van der Waals surface area (Å²) in [6, 6.07) is 48.9. The van der Waals surface area contributed by atoms with Crippen LogP contribution in [0.2, 0.25) is 0 Å². The highest BCUT2D eigenvalue weighted by Gasteiger charge is 2.19. The van der Waals surface area contributed by atoms with Crippen LogP contribution in [0.4, 0.5) is 0 Å². The summed E-state index contributed by atoms with van der Waals surface area (Å²) in [5.41, 5.74) is 6.60. The van der Waals surface area contributed by atoms with Gasteiger partial charge < -0.3 is 8.83 Å². The van der Waals surface area contributed by atoms with E-state index in [2.05, 4.69) is 48.5 Å². The quantitative estimate of drug-likeness (QED) is 0.183. The smallest absolute Gasteiger partial charge is 0.227 e. The molecule has 6 heteroatoms. The zero-order valence-corrected chi connectivity index (χ0v) is 25.5. The van der Waals surface area contributed by atoms with Gasteiger partial charge in [-0.1, -0.05) is 109 Å². The standard InChI is InChI=1S/C42H24N4O2/c1-3-11-26(12-4-1)39-44-40(27-13-5-2-6-14-27)46-41(45-39)28-15-9-16-29(24-28)42-43-37-35(48-42)23-22-34-36(37)33-21-20-31-30-17-8-7-10-25(30)18-19-32(31)38(33)47-34/h1-24H. The fourth-order valence-corrected chi connectivity index (χ4v) is 6.65. The van der Waals surface area contributed by atoms with Gasteiger partial charge in [0.25, 0.3) is 0 Å². The molecule has 48 heavy (non-hydrogen) atoms. The molecule has 0 atom stereocenters. The second-order valence-corrected chi connectivity index (χ2v) is 11.8. The Morgan fingerprint density at radius 3 is 1.75 bits per heavy atom. The second-order valence-electron chi connectivity index (χ2n) is 11.8. The van der Waals surface area contributed by atoms with Gasteiger partial charge in [-0.2, -0.15) is 0 Å². The third-order valence-corrected chi connectivity index (χ3v) is 8.95. The van der Waals surface area contributed by atoms with E-state index in [9.17, 15) is 0 Å². The normalized spacial score (nSPS) is 11.8. The van der Waals surface area contributed by atoms with Crippen LogP contribution in [0.1, 0.15) is 0 Å². The Labute approximate surface area is 274 Å². The molecule has 0 unspecified atom stereocenters.